The average Bonchev–Trinajstić information content (AvgIpc) is 0.685. The molecule has 21 rings (SSSR count). The number of benzene rings is 7. The van der Waals surface area contributed by atoms with Crippen LogP contribution in [0.3, 0.4) is 0 Å². The molecule has 14 aromatic rings. The molecule has 14 N–H and O–H groups in total. The predicted octanol–water partition coefficient (Wildman–Crippen LogP) is 8.05. The summed E-state index contributed by atoms with van der Waals surface area (Å²) in [5.41, 5.74) is 23.4. The number of anilines is 7. The van der Waals surface area contributed by atoms with Gasteiger partial charge in [-0.05, 0) is 177 Å². The van der Waals surface area contributed by atoms with E-state index in [0.29, 0.717) is 11.2 Å². The number of hydrogen-bond acceptors (Lipinski definition) is 35. The quantitative estimate of drug-likeness (QED) is 0.0585. The maximum Gasteiger partial charge on any atom is 0.264 e. The van der Waals surface area contributed by atoms with Crippen LogP contribution in [0.15, 0.2) is 161 Å². The Morgan fingerprint density at radius 3 is 0.735 bits per heavy atom. The van der Waals surface area contributed by atoms with Gasteiger partial charge in [0.1, 0.15) is 81.3 Å². The third kappa shape index (κ3) is 21.2. The van der Waals surface area contributed by atoms with Crippen molar-refractivity contribution in [2.24, 2.45) is 0 Å². The van der Waals surface area contributed by atoms with E-state index in [1.165, 1.54) is 4.57 Å². The summed E-state index contributed by atoms with van der Waals surface area (Å²) < 4.78 is 505. The second-order valence-corrected chi connectivity index (χ2v) is 30.9. The number of nitrogens with zero attached hydrogens (tertiary/aromatic N) is 14. The zero-order valence-electron chi connectivity index (χ0n) is 138. The van der Waals surface area contributed by atoms with Crippen molar-refractivity contribution in [1.29, 1.82) is 0 Å². The number of aromatic nitrogens is 14. The highest BCUT2D eigenvalue weighted by Crippen LogP contribution is 2.35. The molecule has 7 aromatic carbocycles. The monoisotopic (exact) mass is 2060 g/mol. The molecular weight excluding hydrogens is 1890 g/mol. The summed E-state index contributed by atoms with van der Waals surface area (Å²) in [6.45, 7) is -20.1. The van der Waals surface area contributed by atoms with E-state index >= 15 is 0 Å². The molecule has 42 nitrogen and oxygen atoms in total. The van der Waals surface area contributed by atoms with Gasteiger partial charge in [-0.3, -0.25) is 133 Å². The molecule has 7 atom stereocenters. The van der Waals surface area contributed by atoms with E-state index in [1.807, 2.05) is 0 Å². The Morgan fingerprint density at radius 2 is 0.476 bits per heavy atom. The van der Waals surface area contributed by atoms with Crippen LogP contribution >= 0.6 is 0 Å². The molecule has 0 radical (unpaired) electrons. The molecule has 756 valence electrons. The molecule has 3 unspecified atom stereocenters. The van der Waals surface area contributed by atoms with E-state index < -0.39 is 550 Å². The second kappa shape index (κ2) is 43.0. The van der Waals surface area contributed by atoms with Crippen LogP contribution in [0.4, 0.5) is 39.8 Å². The highest BCUT2D eigenvalue weighted by Gasteiger charge is 2.39. The first-order valence-electron chi connectivity index (χ1n) is 73.6. The predicted molar refractivity (Wildman–Crippen MR) is 546 cm³/mol. The lowest BCUT2D eigenvalue weighted by molar-refractivity contribution is -0.133. The molecule has 7 heterocycles. The van der Waals surface area contributed by atoms with E-state index in [-0.39, 0.29) is 76.3 Å². The Bertz CT molecular complexity index is 11000. The zero-order chi connectivity index (χ0) is 162. The van der Waals surface area contributed by atoms with E-state index in [1.54, 1.807) is 18.2 Å². The fourth-order valence-electron chi connectivity index (χ4n) is 14.8. The van der Waals surface area contributed by atoms with Crippen LogP contribution < -0.4 is 79.1 Å². The smallest absolute Gasteiger partial charge is 0.264 e. The lowest BCUT2D eigenvalue weighted by Crippen LogP contribution is -2.36. The van der Waals surface area contributed by atoms with E-state index in [4.69, 9.17) is 128 Å². The summed E-state index contributed by atoms with van der Waals surface area (Å²) >= 11 is 0. The molecule has 0 bridgehead atoms. The Labute approximate surface area is 923 Å². The molecule has 0 saturated heterocycles. The number of nitrogen functional groups attached to an aromatic ring is 7. The zero-order valence-corrected chi connectivity index (χ0v) is 74.0. The lowest BCUT2D eigenvalue weighted by Gasteiger charge is -2.24. The van der Waals surface area contributed by atoms with Gasteiger partial charge in [-0.25, -0.2) is 34.9 Å². The standard InChI is InChI=1S/7C15H15N3O3/c7*1-8-17-11-4-2-3-10(16)14(11)15(21)18(8)12-6-5-9(19)7-13(12)20/h7*2-4,12H,5-7,16H2,1H3/t4*12-;;;/m1100.../s1/i1D3,2D,3D,4D,5D2,6D2,12D;1D3,2D,3D,4D,5D2,6D2;1D3,2D,3D,4D,5D2,6D2,12D;1D3,2D,3D,4D,5D2,6D2;1D3,2D,3D,4D,5D2,6D2,12D;1D3,2D,3D,4D,5D2,6D2;1D. The Kier molecular flexibility index (Phi) is 14.5. The van der Waals surface area contributed by atoms with Gasteiger partial charge < -0.3 is 40.1 Å². The molecule has 147 heavy (non-hydrogen) atoms. The molecule has 7 saturated carbocycles. The number of aryl methyl sites for hydroxylation is 7. The number of fused-ring (bicyclic) bond motifs is 7. The fraction of sp³-hybridized carbons (Fsp3) is 0.333. The first kappa shape index (κ1) is 49.7. The summed E-state index contributed by atoms with van der Waals surface area (Å²) in [4.78, 5) is 291. The van der Waals surface area contributed by atoms with Crippen LogP contribution in [-0.4, -0.2) is 148 Å². The van der Waals surface area contributed by atoms with Crippen LogP contribution in [0, 0.1) is 48.0 Å². The lowest BCUT2D eigenvalue weighted by atomic mass is 9.92. The summed E-state index contributed by atoms with van der Waals surface area (Å²) in [5.74, 6) is -24.7. The van der Waals surface area contributed by atoms with Gasteiger partial charge in [0, 0.05) is 143 Å². The van der Waals surface area contributed by atoms with Crippen molar-refractivity contribution in [3.05, 3.63) is 240 Å². The third-order valence-electron chi connectivity index (χ3n) is 21.4. The van der Waals surface area contributed by atoms with Crippen molar-refractivity contribution in [2.75, 3.05) is 40.1 Å². The van der Waals surface area contributed by atoms with Gasteiger partial charge >= 0.3 is 0 Å². The summed E-state index contributed by atoms with van der Waals surface area (Å²) in [5, 5.41) is -4.21. The maximum atomic E-state index is 13.4. The molecule has 7 aliphatic carbocycles. The minimum absolute atomic E-state index is 0.116. The maximum absolute atomic E-state index is 13.4. The first-order valence-corrected chi connectivity index (χ1v) is 41.4. The van der Waals surface area contributed by atoms with Gasteiger partial charge in [0.15, 0.2) is 40.5 Å². The molecule has 7 fully saturated rings. The molecule has 0 amide bonds. The van der Waals surface area contributed by atoms with Crippen LogP contribution in [0.5, 0.6) is 0 Å². The van der Waals surface area contributed by atoms with Crippen LogP contribution in [0.2, 0.25) is 0 Å². The van der Waals surface area contributed by atoms with Crippen LogP contribution in [-0.2, 0) is 67.1 Å². The molecule has 0 aliphatic heterocycles. The number of carbonyl (C=O) groups excluding carboxylic acids is 14. The number of ketones is 14. The highest BCUT2D eigenvalue weighted by molar-refractivity contribution is 6.09. The number of nitrogens with two attached hydrogens (primary N) is 7. The van der Waals surface area contributed by atoms with E-state index in [0.717, 1.165) is 0 Å². The number of carbonyl (C=O) groups is 14. The van der Waals surface area contributed by atoms with Crippen molar-refractivity contribution < 1.29 is 155 Å². The molecule has 0 spiro atoms. The molecule has 42 heteroatoms. The summed E-state index contributed by atoms with van der Waals surface area (Å²) in [7, 11) is 0. The van der Waals surface area contributed by atoms with Gasteiger partial charge in [-0.2, -0.15) is 0 Å². The van der Waals surface area contributed by atoms with E-state index in [2.05, 4.69) is 34.9 Å². The van der Waals surface area contributed by atoms with Crippen LogP contribution in [0.25, 0.3) is 76.3 Å². The van der Waals surface area contributed by atoms with Crippen molar-refractivity contribution in [3.8, 4) is 0 Å². The molecular formula is C105H105N21O21. The highest BCUT2D eigenvalue weighted by atomic mass is 16.2. The van der Waals surface area contributed by atoms with Gasteiger partial charge in [-0.1, -0.05) is 42.3 Å². The average molecular weight is 2060 g/mol. The summed E-state index contributed by atoms with van der Waals surface area (Å²) in [6.07, 6.45) is -48.1. The topological polar surface area (TPSA) is 665 Å². The van der Waals surface area contributed by atoms with Crippen molar-refractivity contribution >= 4 is 197 Å². The van der Waals surface area contributed by atoms with Gasteiger partial charge in [0.2, 0.25) is 0 Å². The number of rotatable bonds is 7. The Balaban J connectivity index is 0.000000175. The number of hydrogen-bond donors (Lipinski definition) is 7. The van der Waals surface area contributed by atoms with Crippen molar-refractivity contribution in [3.63, 3.8) is 0 Å². The van der Waals surface area contributed by atoms with Gasteiger partial charge in [0.25, 0.3) is 38.9 Å². The van der Waals surface area contributed by atoms with Crippen LogP contribution in [0.1, 0.15) is 305 Å². The Morgan fingerprint density at radius 1 is 0.259 bits per heavy atom. The normalized spacial score (nSPS) is 31.6. The largest absolute Gasteiger partial charge is 0.398 e. The first-order chi connectivity index (χ1) is 95.4. The minimum atomic E-state index is -3.73. The minimum Gasteiger partial charge on any atom is -0.398 e. The molecule has 7 aromatic heterocycles. The van der Waals surface area contributed by atoms with Crippen molar-refractivity contribution in [1.82, 2.24) is 66.9 Å². The van der Waals surface area contributed by atoms with Gasteiger partial charge in [-0.15, -0.1) is 0 Å². The third-order valence-corrected chi connectivity index (χ3v) is 21.4. The second-order valence-electron chi connectivity index (χ2n) is 30.9. The SMILES string of the molecule is [2H]Cc1nc2cccc(N)c2c(=O)n1C1CCC(=O)CC1=O.[2H]c1c([2H])c(N)c2c(=O)n(C3([2H])C(=O)CC(=O)C([2H])([2H])C3([2H])[2H])c(C([2H])([2H])[2H])nc2c1[2H].[2H]c1c([2H])c(N)c2c(=O)n(C3C(=O)CC(=O)C([2H])([2H])C3([2H])[2H])c(C([2H])([2H])[2H])nc2c1[2H].[2H]c1c([2H])c(N)c2c(=O)n([C@@H]3C(=O)CC(=O)C([2H])([2H])C3([2H])[2H])c(C([2H])([2H])[2H])nc2c1[2H].[2H]c1c([2H])c(N)c2c(=O)n([C@@]3([2H])C(=O)CC(=O)C([2H])([2H])C3([2H])[2H])c(C([2H])([2H])[2H])nc2c1[2H].[2H]c1c([2H])c(N)c2c(=O)n([C@H]3C(=O)CC(=O)C([2H])([2H])C3([2H])[2H])c(C([2H])([2H])[2H])nc2c1[2H].[2H]c1c([2H])c(N)c2c(=O)n([C@]3([2H])C(=O)CC(=O)C([2H])([2H])C3([2H])[2H])c(C([2H])([2H])[2H])nc2c1[2H]. The fourth-order valence-corrected chi connectivity index (χ4v) is 14.8. The molecule has 7 aliphatic rings. The van der Waals surface area contributed by atoms with E-state index in [9.17, 15) is 101 Å². The summed E-state index contributed by atoms with van der Waals surface area (Å²) in [6, 6.07) is -27.6. The van der Waals surface area contributed by atoms with Gasteiger partial charge in [0.05, 0.1) is 192 Å². The number of Topliss-reactive ketones (excluding diaryl/α,β-unsaturated/α-hetero) is 14. The Hall–Kier alpha value is -17.5. The van der Waals surface area contributed by atoms with Crippen molar-refractivity contribution in [2.45, 2.75) is 224 Å².